The van der Waals surface area contributed by atoms with Gasteiger partial charge in [-0.05, 0) is 37.8 Å². The molecule has 5 nitrogen and oxygen atoms in total. The zero-order chi connectivity index (χ0) is 18.0. The predicted octanol–water partition coefficient (Wildman–Crippen LogP) is 3.66. The molecule has 1 saturated carbocycles. The van der Waals surface area contributed by atoms with E-state index < -0.39 is 5.97 Å². The van der Waals surface area contributed by atoms with E-state index in [4.69, 9.17) is 9.52 Å². The molecule has 3 rings (SSSR count). The molecule has 1 amide bonds. The lowest BCUT2D eigenvalue weighted by molar-refractivity contribution is -0.146. The molecule has 0 unspecified atom stereocenters. The number of nitrogens with zero attached hydrogens (tertiary/aromatic N) is 1. The van der Waals surface area contributed by atoms with Crippen LogP contribution in [-0.2, 0) is 17.8 Å². The van der Waals surface area contributed by atoms with Gasteiger partial charge < -0.3 is 14.4 Å². The van der Waals surface area contributed by atoms with Crippen LogP contribution in [0.3, 0.4) is 0 Å². The zero-order valence-electron chi connectivity index (χ0n) is 14.6. The summed E-state index contributed by atoms with van der Waals surface area (Å²) in [4.78, 5) is 25.8. The molecule has 2 aromatic rings. The third-order valence-electron chi connectivity index (χ3n) is 5.09. The Hall–Kier alpha value is -2.56. The highest BCUT2D eigenvalue weighted by Gasteiger charge is 2.45. The predicted molar refractivity (Wildman–Crippen MR) is 93.3 cm³/mol. The Morgan fingerprint density at radius 1 is 1.24 bits per heavy atom. The summed E-state index contributed by atoms with van der Waals surface area (Å²) in [6.07, 6.45) is 3.59. The number of carbonyl (C=O) groups excluding carboxylic acids is 1. The number of aryl methyl sites for hydroxylation is 1. The average molecular weight is 341 g/mol. The number of rotatable bonds is 6. The first kappa shape index (κ1) is 17.3. The van der Waals surface area contributed by atoms with Crippen LogP contribution in [0.1, 0.15) is 46.7 Å². The van der Waals surface area contributed by atoms with Gasteiger partial charge in [0.05, 0.1) is 12.0 Å². The maximum atomic E-state index is 13.0. The number of amides is 1. The SMILES string of the molecule is Cc1oc(CN(C)C(=O)C2(Cc3ccccc3)CCC2)cc1C(=O)O. The largest absolute Gasteiger partial charge is 0.478 e. The highest BCUT2D eigenvalue weighted by molar-refractivity contribution is 5.89. The minimum Gasteiger partial charge on any atom is -0.478 e. The van der Waals surface area contributed by atoms with Crippen molar-refractivity contribution in [1.82, 2.24) is 4.90 Å². The van der Waals surface area contributed by atoms with Crippen LogP contribution in [-0.4, -0.2) is 28.9 Å². The van der Waals surface area contributed by atoms with Gasteiger partial charge in [-0.2, -0.15) is 0 Å². The van der Waals surface area contributed by atoms with Crippen LogP contribution in [0.4, 0.5) is 0 Å². The summed E-state index contributed by atoms with van der Waals surface area (Å²) in [6, 6.07) is 11.6. The maximum Gasteiger partial charge on any atom is 0.339 e. The van der Waals surface area contributed by atoms with Crippen LogP contribution in [0, 0.1) is 12.3 Å². The summed E-state index contributed by atoms with van der Waals surface area (Å²) in [5, 5.41) is 9.12. The molecule has 0 radical (unpaired) electrons. The fourth-order valence-electron chi connectivity index (χ4n) is 3.60. The van der Waals surface area contributed by atoms with E-state index in [9.17, 15) is 9.59 Å². The second-order valence-corrected chi connectivity index (χ2v) is 6.95. The number of carboxylic acids is 1. The van der Waals surface area contributed by atoms with Gasteiger partial charge in [0.1, 0.15) is 17.1 Å². The van der Waals surface area contributed by atoms with Crippen LogP contribution in [0.5, 0.6) is 0 Å². The molecule has 5 heteroatoms. The molecule has 1 N–H and O–H groups in total. The molecule has 0 saturated heterocycles. The molecule has 1 aliphatic carbocycles. The van der Waals surface area contributed by atoms with Gasteiger partial charge in [-0.1, -0.05) is 36.8 Å². The van der Waals surface area contributed by atoms with Crippen molar-refractivity contribution >= 4 is 11.9 Å². The van der Waals surface area contributed by atoms with E-state index in [1.807, 2.05) is 18.2 Å². The van der Waals surface area contributed by atoms with Crippen molar-refractivity contribution in [2.45, 2.75) is 39.2 Å². The van der Waals surface area contributed by atoms with E-state index in [-0.39, 0.29) is 23.4 Å². The van der Waals surface area contributed by atoms with Crippen molar-refractivity contribution in [3.8, 4) is 0 Å². The Bertz CT molecular complexity index is 774. The number of benzene rings is 1. The summed E-state index contributed by atoms with van der Waals surface area (Å²) in [5.74, 6) is -0.0412. The van der Waals surface area contributed by atoms with Gasteiger partial charge in [0.2, 0.25) is 5.91 Å². The average Bonchev–Trinajstić information content (AvgIpc) is 2.92. The van der Waals surface area contributed by atoms with Crippen LogP contribution in [0.15, 0.2) is 40.8 Å². The number of furan rings is 1. The Morgan fingerprint density at radius 3 is 2.44 bits per heavy atom. The Morgan fingerprint density at radius 2 is 1.92 bits per heavy atom. The fraction of sp³-hybridized carbons (Fsp3) is 0.400. The highest BCUT2D eigenvalue weighted by Crippen LogP contribution is 2.45. The van der Waals surface area contributed by atoms with E-state index >= 15 is 0 Å². The van der Waals surface area contributed by atoms with Crippen LogP contribution >= 0.6 is 0 Å². The lowest BCUT2D eigenvalue weighted by atomic mass is 9.64. The smallest absolute Gasteiger partial charge is 0.339 e. The van der Waals surface area contributed by atoms with Crippen LogP contribution < -0.4 is 0 Å². The quantitative estimate of drug-likeness (QED) is 0.870. The third kappa shape index (κ3) is 3.45. The van der Waals surface area contributed by atoms with E-state index in [1.54, 1.807) is 18.9 Å². The number of carboxylic acid groups (broad SMARTS) is 1. The van der Waals surface area contributed by atoms with Gasteiger partial charge in [-0.25, -0.2) is 4.79 Å². The summed E-state index contributed by atoms with van der Waals surface area (Å²) in [5.41, 5.74) is 0.984. The molecule has 1 aliphatic rings. The Labute approximate surface area is 147 Å². The Balaban J connectivity index is 1.72. The molecule has 0 bridgehead atoms. The first-order chi connectivity index (χ1) is 11.9. The summed E-state index contributed by atoms with van der Waals surface area (Å²) < 4.78 is 5.50. The number of aromatic carboxylic acids is 1. The number of hydrogen-bond acceptors (Lipinski definition) is 3. The standard InChI is InChI=1S/C20H23NO4/c1-14-17(18(22)23)11-16(25-14)13-21(2)19(24)20(9-6-10-20)12-15-7-4-3-5-8-15/h3-5,7-8,11H,6,9-10,12-13H2,1-2H3,(H,22,23). The van der Waals surface area contributed by atoms with Gasteiger partial charge in [0, 0.05) is 7.05 Å². The van der Waals surface area contributed by atoms with Gasteiger partial charge >= 0.3 is 5.97 Å². The van der Waals surface area contributed by atoms with Crippen molar-refractivity contribution in [3.63, 3.8) is 0 Å². The zero-order valence-corrected chi connectivity index (χ0v) is 14.6. The van der Waals surface area contributed by atoms with Crippen molar-refractivity contribution < 1.29 is 19.1 Å². The second-order valence-electron chi connectivity index (χ2n) is 6.95. The number of hydrogen-bond donors (Lipinski definition) is 1. The van der Waals surface area contributed by atoms with Crippen molar-refractivity contribution in [3.05, 3.63) is 59.0 Å². The summed E-state index contributed by atoms with van der Waals surface area (Å²) >= 11 is 0. The molecule has 1 heterocycles. The van der Waals surface area contributed by atoms with E-state index in [2.05, 4.69) is 12.1 Å². The first-order valence-corrected chi connectivity index (χ1v) is 8.53. The van der Waals surface area contributed by atoms with Gasteiger partial charge in [-0.15, -0.1) is 0 Å². The lowest BCUT2D eigenvalue weighted by Gasteiger charge is -2.42. The first-order valence-electron chi connectivity index (χ1n) is 8.53. The fourth-order valence-corrected chi connectivity index (χ4v) is 3.60. The molecule has 0 atom stereocenters. The second kappa shape index (κ2) is 6.75. The molecule has 1 fully saturated rings. The molecule has 1 aromatic heterocycles. The molecular weight excluding hydrogens is 318 g/mol. The lowest BCUT2D eigenvalue weighted by Crippen LogP contribution is -2.47. The van der Waals surface area contributed by atoms with E-state index in [1.165, 1.54) is 11.6 Å². The van der Waals surface area contributed by atoms with Crippen LogP contribution in [0.25, 0.3) is 0 Å². The van der Waals surface area contributed by atoms with Crippen molar-refractivity contribution in [1.29, 1.82) is 0 Å². The van der Waals surface area contributed by atoms with Crippen molar-refractivity contribution in [2.75, 3.05) is 7.05 Å². The maximum absolute atomic E-state index is 13.0. The third-order valence-corrected chi connectivity index (χ3v) is 5.09. The monoisotopic (exact) mass is 341 g/mol. The summed E-state index contributed by atoms with van der Waals surface area (Å²) in [7, 11) is 1.76. The minimum absolute atomic E-state index is 0.105. The molecule has 1 aromatic carbocycles. The normalized spacial score (nSPS) is 15.4. The highest BCUT2D eigenvalue weighted by atomic mass is 16.4. The topological polar surface area (TPSA) is 70.8 Å². The van der Waals surface area contributed by atoms with Crippen molar-refractivity contribution in [2.24, 2.45) is 5.41 Å². The molecule has 0 spiro atoms. The summed E-state index contributed by atoms with van der Waals surface area (Å²) in [6.45, 7) is 1.90. The Kier molecular flexibility index (Phi) is 4.66. The van der Waals surface area contributed by atoms with Gasteiger partial charge in [0.25, 0.3) is 0 Å². The van der Waals surface area contributed by atoms with Crippen LogP contribution in [0.2, 0.25) is 0 Å². The van der Waals surface area contributed by atoms with E-state index in [0.29, 0.717) is 11.5 Å². The van der Waals surface area contributed by atoms with E-state index in [0.717, 1.165) is 25.7 Å². The van der Waals surface area contributed by atoms with Gasteiger partial charge in [0.15, 0.2) is 0 Å². The molecule has 0 aliphatic heterocycles. The molecular formula is C20H23NO4. The molecule has 25 heavy (non-hydrogen) atoms. The molecule has 132 valence electrons. The number of carbonyl (C=O) groups is 2. The van der Waals surface area contributed by atoms with Gasteiger partial charge in [-0.3, -0.25) is 4.79 Å². The minimum atomic E-state index is -1.01.